The zero-order chi connectivity index (χ0) is 23.6. The molecule has 7 atom stereocenters. The lowest BCUT2D eigenvalue weighted by molar-refractivity contribution is -0.156. The summed E-state index contributed by atoms with van der Waals surface area (Å²) in [5, 5.41) is 20.1. The fourth-order valence-electron chi connectivity index (χ4n) is 8.58. The van der Waals surface area contributed by atoms with Crippen molar-refractivity contribution in [3.05, 3.63) is 11.6 Å². The summed E-state index contributed by atoms with van der Waals surface area (Å²) in [6.07, 6.45) is 8.96. The van der Waals surface area contributed by atoms with Crippen LogP contribution < -0.4 is 0 Å². The molecule has 1 amide bonds. The number of allylic oxidation sites excluding steroid dienone is 1. The Morgan fingerprint density at radius 1 is 0.969 bits per heavy atom. The molecule has 0 aromatic rings. The monoisotopic (exact) mass is 445 g/mol. The van der Waals surface area contributed by atoms with E-state index in [0.29, 0.717) is 30.1 Å². The van der Waals surface area contributed by atoms with Crippen molar-refractivity contribution in [2.75, 3.05) is 0 Å². The molecule has 2 N–H and O–H groups in total. The third-order valence-electron chi connectivity index (χ3n) is 10.2. The van der Waals surface area contributed by atoms with Crippen LogP contribution in [0.25, 0.3) is 0 Å². The molecule has 4 aliphatic rings. The Morgan fingerprint density at radius 3 is 2.22 bits per heavy atom. The Balaban J connectivity index is 1.60. The average molecular weight is 446 g/mol. The minimum absolute atomic E-state index is 0.0179. The average Bonchev–Trinajstić information content (AvgIpc) is 3.05. The first-order chi connectivity index (χ1) is 14.8. The normalized spacial score (nSPS) is 43.3. The molecule has 4 aliphatic carbocycles. The van der Waals surface area contributed by atoms with Gasteiger partial charge in [0.25, 0.3) is 0 Å². The van der Waals surface area contributed by atoms with E-state index in [1.165, 1.54) is 0 Å². The van der Waals surface area contributed by atoms with Crippen LogP contribution in [-0.2, 0) is 9.59 Å². The Morgan fingerprint density at radius 2 is 1.62 bits per heavy atom. The highest BCUT2D eigenvalue weighted by atomic mass is 16.4. The molecule has 0 saturated heterocycles. The number of hydrogen-bond acceptors (Lipinski definition) is 3. The highest BCUT2D eigenvalue weighted by molar-refractivity contribution is 5.81. The molecule has 5 nitrogen and oxygen atoms in total. The summed E-state index contributed by atoms with van der Waals surface area (Å²) < 4.78 is 0. The van der Waals surface area contributed by atoms with Gasteiger partial charge in [-0.05, 0) is 114 Å². The van der Waals surface area contributed by atoms with Crippen LogP contribution in [0, 0.1) is 34.5 Å². The number of amides is 1. The van der Waals surface area contributed by atoms with E-state index < -0.39 is 11.6 Å². The fraction of sp³-hybridized carbons (Fsp3) is 0.852. The molecule has 3 saturated carbocycles. The van der Waals surface area contributed by atoms with E-state index in [4.69, 9.17) is 0 Å². The van der Waals surface area contributed by atoms with Gasteiger partial charge in [0, 0.05) is 18.0 Å². The van der Waals surface area contributed by atoms with Crippen LogP contribution in [0.5, 0.6) is 0 Å². The smallest absolute Gasteiger partial charge is 0.339 e. The van der Waals surface area contributed by atoms with Gasteiger partial charge >= 0.3 is 5.97 Å². The van der Waals surface area contributed by atoms with Gasteiger partial charge in [0.1, 0.15) is 0 Å². The van der Waals surface area contributed by atoms with Crippen molar-refractivity contribution < 1.29 is 19.8 Å². The lowest BCUT2D eigenvalue weighted by atomic mass is 9.46. The molecule has 5 heteroatoms. The summed E-state index contributed by atoms with van der Waals surface area (Å²) in [4.78, 5) is 27.5. The predicted molar refractivity (Wildman–Crippen MR) is 125 cm³/mol. The van der Waals surface area contributed by atoms with Crippen molar-refractivity contribution in [1.29, 1.82) is 0 Å². The summed E-state index contributed by atoms with van der Waals surface area (Å²) in [5.74, 6) is 1.03. The van der Waals surface area contributed by atoms with Crippen LogP contribution in [0.2, 0.25) is 0 Å². The van der Waals surface area contributed by atoms with Gasteiger partial charge in [-0.25, -0.2) is 4.79 Å². The van der Waals surface area contributed by atoms with E-state index >= 15 is 0 Å². The first-order valence-electron chi connectivity index (χ1n) is 12.9. The molecule has 0 aromatic heterocycles. The number of carbonyl (C=O) groups is 2. The van der Waals surface area contributed by atoms with Gasteiger partial charge in [-0.1, -0.05) is 19.4 Å². The SMILES string of the molecule is CC(C)N(C(=O)[C@H]1CCC2C3CCC4=C[C@@](O)(C(=O)O)CC[C@]4(C)C3CC[C@@]21C)C(C)C. The molecule has 0 aliphatic heterocycles. The molecule has 0 aromatic carbocycles. The number of fused-ring (bicyclic) bond motifs is 5. The van der Waals surface area contributed by atoms with Crippen molar-refractivity contribution >= 4 is 11.9 Å². The minimum Gasteiger partial charge on any atom is -0.479 e. The molecule has 3 unspecified atom stereocenters. The van der Waals surface area contributed by atoms with Crippen LogP contribution in [0.4, 0.5) is 0 Å². The standard InChI is InChI=1S/C27H43NO4/c1-16(2)28(17(3)4)23(29)22-10-9-20-19-8-7-18-15-27(32,24(30)31)14-13-25(18,5)21(19)11-12-26(20,22)6/h15-17,19-22,32H,7-14H2,1-6H3,(H,30,31)/t19?,20?,21?,22-,25+,26+,27-/m1/s1. The number of hydrogen-bond donors (Lipinski definition) is 2. The van der Waals surface area contributed by atoms with E-state index in [1.54, 1.807) is 6.08 Å². The lowest BCUT2D eigenvalue weighted by Crippen LogP contribution is -2.54. The maximum Gasteiger partial charge on any atom is 0.339 e. The number of carbonyl (C=O) groups excluding carboxylic acids is 1. The van der Waals surface area contributed by atoms with E-state index in [0.717, 1.165) is 50.5 Å². The van der Waals surface area contributed by atoms with Gasteiger partial charge in [0.15, 0.2) is 5.60 Å². The summed E-state index contributed by atoms with van der Waals surface area (Å²) >= 11 is 0. The second-order valence-corrected chi connectivity index (χ2v) is 12.3. The van der Waals surface area contributed by atoms with Gasteiger partial charge in [-0.15, -0.1) is 0 Å². The fourth-order valence-corrected chi connectivity index (χ4v) is 8.58. The molecule has 0 heterocycles. The summed E-state index contributed by atoms with van der Waals surface area (Å²) in [5.41, 5.74) is -0.494. The van der Waals surface area contributed by atoms with Crippen molar-refractivity contribution in [1.82, 2.24) is 4.90 Å². The van der Waals surface area contributed by atoms with Crippen molar-refractivity contribution in [2.45, 2.75) is 111 Å². The summed E-state index contributed by atoms with van der Waals surface area (Å²) in [7, 11) is 0. The molecule has 3 fully saturated rings. The van der Waals surface area contributed by atoms with E-state index in [9.17, 15) is 19.8 Å². The van der Waals surface area contributed by atoms with Gasteiger partial charge in [0.05, 0.1) is 0 Å². The molecular formula is C27H43NO4. The van der Waals surface area contributed by atoms with Crippen molar-refractivity contribution in [3.63, 3.8) is 0 Å². The number of nitrogens with zero attached hydrogens (tertiary/aromatic N) is 1. The Labute approximate surface area is 193 Å². The third-order valence-corrected chi connectivity index (χ3v) is 10.2. The van der Waals surface area contributed by atoms with E-state index in [2.05, 4.69) is 46.4 Å². The van der Waals surface area contributed by atoms with Crippen LogP contribution in [0.15, 0.2) is 11.6 Å². The van der Waals surface area contributed by atoms with Crippen LogP contribution in [-0.4, -0.2) is 44.7 Å². The number of carboxylic acids is 1. The zero-order valence-corrected chi connectivity index (χ0v) is 20.9. The number of aliphatic hydroxyl groups is 1. The Hall–Kier alpha value is -1.36. The van der Waals surface area contributed by atoms with E-state index in [-0.39, 0.29) is 28.8 Å². The molecule has 32 heavy (non-hydrogen) atoms. The van der Waals surface area contributed by atoms with Crippen molar-refractivity contribution in [3.8, 4) is 0 Å². The van der Waals surface area contributed by atoms with Crippen molar-refractivity contribution in [2.24, 2.45) is 34.5 Å². The molecule has 0 radical (unpaired) electrons. The number of aliphatic carboxylic acids is 1. The van der Waals surface area contributed by atoms with Crippen LogP contribution in [0.1, 0.15) is 92.9 Å². The lowest BCUT2D eigenvalue weighted by Gasteiger charge is -2.59. The third kappa shape index (κ3) is 3.36. The van der Waals surface area contributed by atoms with Crippen LogP contribution in [0.3, 0.4) is 0 Å². The van der Waals surface area contributed by atoms with Gasteiger partial charge in [0.2, 0.25) is 5.91 Å². The molecule has 0 spiro atoms. The Bertz CT molecular complexity index is 810. The van der Waals surface area contributed by atoms with Gasteiger partial charge in [-0.3, -0.25) is 4.79 Å². The van der Waals surface area contributed by atoms with Crippen LogP contribution >= 0.6 is 0 Å². The molecule has 0 bridgehead atoms. The quantitative estimate of drug-likeness (QED) is 0.595. The summed E-state index contributed by atoms with van der Waals surface area (Å²) in [6, 6.07) is 0.441. The van der Waals surface area contributed by atoms with E-state index in [1.807, 2.05) is 0 Å². The summed E-state index contributed by atoms with van der Waals surface area (Å²) in [6.45, 7) is 13.2. The predicted octanol–water partition coefficient (Wildman–Crippen LogP) is 5.03. The molecule has 4 rings (SSSR count). The topological polar surface area (TPSA) is 77.8 Å². The largest absolute Gasteiger partial charge is 0.479 e. The number of rotatable bonds is 4. The molecule has 180 valence electrons. The maximum atomic E-state index is 13.7. The Kier molecular flexibility index (Phi) is 5.84. The maximum absolute atomic E-state index is 13.7. The second kappa shape index (κ2) is 7.85. The zero-order valence-electron chi connectivity index (χ0n) is 20.9. The minimum atomic E-state index is -1.70. The highest BCUT2D eigenvalue weighted by Crippen LogP contribution is 2.67. The first-order valence-corrected chi connectivity index (χ1v) is 12.9. The number of carboxylic acid groups (broad SMARTS) is 1. The molecular weight excluding hydrogens is 402 g/mol. The second-order valence-electron chi connectivity index (χ2n) is 12.3. The first kappa shape index (κ1) is 23.8. The van der Waals surface area contributed by atoms with Gasteiger partial charge in [-0.2, -0.15) is 0 Å². The van der Waals surface area contributed by atoms with Gasteiger partial charge < -0.3 is 15.1 Å². The highest BCUT2D eigenvalue weighted by Gasteiger charge is 2.61.